The summed E-state index contributed by atoms with van der Waals surface area (Å²) in [6, 6.07) is 0. The van der Waals surface area contributed by atoms with Gasteiger partial charge in [-0.3, -0.25) is 9.59 Å². The van der Waals surface area contributed by atoms with Crippen molar-refractivity contribution in [1.82, 2.24) is 4.90 Å². The van der Waals surface area contributed by atoms with E-state index < -0.39 is 23.4 Å². The fraction of sp³-hybridized carbons (Fsp3) is 0.667. The Hall–Kier alpha value is -1.59. The average Bonchev–Trinajstić information content (AvgIpc) is 2.79. The summed E-state index contributed by atoms with van der Waals surface area (Å²) in [5.41, 5.74) is -0.838. The highest BCUT2D eigenvalue weighted by Gasteiger charge is 2.55. The second-order valence-corrected chi connectivity index (χ2v) is 3.92. The number of imide groups is 1. The van der Waals surface area contributed by atoms with Crippen LogP contribution < -0.4 is 0 Å². The van der Waals surface area contributed by atoms with E-state index in [9.17, 15) is 14.4 Å². The van der Waals surface area contributed by atoms with Crippen LogP contribution >= 0.6 is 0 Å². The quantitative estimate of drug-likeness (QED) is 0.724. The van der Waals surface area contributed by atoms with Crippen molar-refractivity contribution in [2.45, 2.75) is 19.3 Å². The topological polar surface area (TPSA) is 83.9 Å². The van der Waals surface area contributed by atoms with Crippen molar-refractivity contribution in [2.24, 2.45) is 5.41 Å². The number of amides is 2. The normalized spacial score (nSPS) is 22.4. The molecule has 0 bridgehead atoms. The van der Waals surface area contributed by atoms with Gasteiger partial charge < -0.3 is 9.84 Å². The molecule has 0 aromatic carbocycles. The first-order valence-corrected chi connectivity index (χ1v) is 4.76. The highest BCUT2D eigenvalue weighted by Crippen LogP contribution is 2.50. The van der Waals surface area contributed by atoms with Gasteiger partial charge in [0.05, 0.1) is 18.4 Å². The first-order valence-electron chi connectivity index (χ1n) is 4.76. The van der Waals surface area contributed by atoms with Gasteiger partial charge in [-0.2, -0.15) is 0 Å². The van der Waals surface area contributed by atoms with Gasteiger partial charge in [0.1, 0.15) is 6.61 Å². The molecule has 2 fully saturated rings. The molecule has 0 atom stereocenters. The number of carbonyl (C=O) groups excluding carboxylic acids is 2. The molecular formula is C9H11NO5. The van der Waals surface area contributed by atoms with Gasteiger partial charge in [-0.25, -0.2) is 9.69 Å². The van der Waals surface area contributed by atoms with Gasteiger partial charge in [-0.05, 0) is 12.8 Å². The molecule has 0 spiro atoms. The number of carbonyl (C=O) groups is 3. The highest BCUT2D eigenvalue weighted by atomic mass is 16.6. The maximum Gasteiger partial charge on any atom is 0.416 e. The molecule has 1 N–H and O–H groups in total. The number of nitrogens with zero attached hydrogens (tertiary/aromatic N) is 1. The zero-order valence-corrected chi connectivity index (χ0v) is 8.06. The molecule has 2 rings (SSSR count). The molecule has 15 heavy (non-hydrogen) atoms. The lowest BCUT2D eigenvalue weighted by Gasteiger charge is -2.17. The van der Waals surface area contributed by atoms with Gasteiger partial charge in [0.15, 0.2) is 0 Å². The number of carboxylic acids is 1. The third kappa shape index (κ3) is 1.67. The summed E-state index contributed by atoms with van der Waals surface area (Å²) in [7, 11) is 0. The molecule has 2 aliphatic rings. The Bertz CT molecular complexity index is 333. The Morgan fingerprint density at radius 2 is 2.13 bits per heavy atom. The molecule has 2 amide bonds. The first kappa shape index (κ1) is 9.95. The summed E-state index contributed by atoms with van der Waals surface area (Å²) in [6.07, 6.45) is 0.232. The lowest BCUT2D eigenvalue weighted by molar-refractivity contribution is -0.144. The smallest absolute Gasteiger partial charge is 0.416 e. The number of hydrogen-bond donors (Lipinski definition) is 1. The minimum atomic E-state index is -1.01. The van der Waals surface area contributed by atoms with Crippen LogP contribution in [0.3, 0.4) is 0 Å². The van der Waals surface area contributed by atoms with Crippen LogP contribution in [0.25, 0.3) is 0 Å². The van der Waals surface area contributed by atoms with E-state index in [0.29, 0.717) is 12.8 Å². The van der Waals surface area contributed by atoms with E-state index in [1.165, 1.54) is 0 Å². The Morgan fingerprint density at radius 1 is 1.47 bits per heavy atom. The number of hydrogen-bond acceptors (Lipinski definition) is 4. The number of carboxylic acid groups (broad SMARTS) is 1. The monoisotopic (exact) mass is 213 g/mol. The molecule has 0 radical (unpaired) electrons. The van der Waals surface area contributed by atoms with Gasteiger partial charge in [0.25, 0.3) is 0 Å². The molecule has 0 unspecified atom stereocenters. The molecular weight excluding hydrogens is 202 g/mol. The fourth-order valence-electron chi connectivity index (χ4n) is 1.77. The number of aliphatic carboxylic acids is 1. The second kappa shape index (κ2) is 3.22. The first-order chi connectivity index (χ1) is 7.05. The summed E-state index contributed by atoms with van der Waals surface area (Å²) < 4.78 is 4.63. The van der Waals surface area contributed by atoms with Crippen molar-refractivity contribution in [2.75, 3.05) is 13.2 Å². The number of ether oxygens (including phenoxy) is 1. The molecule has 1 saturated carbocycles. The van der Waals surface area contributed by atoms with E-state index in [4.69, 9.17) is 5.11 Å². The van der Waals surface area contributed by atoms with Gasteiger partial charge in [0.2, 0.25) is 5.91 Å². The van der Waals surface area contributed by atoms with Gasteiger partial charge in [-0.15, -0.1) is 0 Å². The summed E-state index contributed by atoms with van der Waals surface area (Å²) >= 11 is 0. The van der Waals surface area contributed by atoms with Crippen molar-refractivity contribution in [1.29, 1.82) is 0 Å². The molecule has 0 aromatic heterocycles. The van der Waals surface area contributed by atoms with Crippen LogP contribution in [-0.2, 0) is 14.3 Å². The van der Waals surface area contributed by atoms with Crippen molar-refractivity contribution in [3.8, 4) is 0 Å². The van der Waals surface area contributed by atoms with Crippen LogP contribution in [0, 0.1) is 5.41 Å². The van der Waals surface area contributed by atoms with E-state index in [1.54, 1.807) is 0 Å². The van der Waals surface area contributed by atoms with E-state index in [-0.39, 0.29) is 19.6 Å². The third-order valence-corrected chi connectivity index (χ3v) is 2.80. The molecule has 0 aromatic rings. The molecule has 82 valence electrons. The standard InChI is InChI=1S/C9H11NO5/c11-6(12)5-9(1-2-9)7(13)10-3-4-15-8(10)14/h1-5H2,(H,11,12). The minimum absolute atomic E-state index is 0.199. The Morgan fingerprint density at radius 3 is 2.53 bits per heavy atom. The van der Waals surface area contributed by atoms with Crippen LogP contribution in [0.2, 0.25) is 0 Å². The van der Waals surface area contributed by atoms with Crippen LogP contribution in [0.5, 0.6) is 0 Å². The lowest BCUT2D eigenvalue weighted by Crippen LogP contribution is -2.38. The van der Waals surface area contributed by atoms with Crippen molar-refractivity contribution in [3.63, 3.8) is 0 Å². The molecule has 1 heterocycles. The average molecular weight is 213 g/mol. The fourth-order valence-corrected chi connectivity index (χ4v) is 1.77. The lowest BCUT2D eigenvalue weighted by atomic mass is 10.0. The highest BCUT2D eigenvalue weighted by molar-refractivity contribution is 5.99. The van der Waals surface area contributed by atoms with Crippen molar-refractivity contribution < 1.29 is 24.2 Å². The third-order valence-electron chi connectivity index (χ3n) is 2.80. The Labute approximate surface area is 85.8 Å². The minimum Gasteiger partial charge on any atom is -0.481 e. The van der Waals surface area contributed by atoms with Crippen molar-refractivity contribution in [3.05, 3.63) is 0 Å². The second-order valence-electron chi connectivity index (χ2n) is 3.92. The van der Waals surface area contributed by atoms with E-state index in [2.05, 4.69) is 4.74 Å². The van der Waals surface area contributed by atoms with E-state index in [1.807, 2.05) is 0 Å². The summed E-state index contributed by atoms with van der Waals surface area (Å²) in [5.74, 6) is -1.40. The Balaban J connectivity index is 2.07. The zero-order chi connectivity index (χ0) is 11.1. The predicted octanol–water partition coefficient (Wildman–Crippen LogP) is 0.220. The maximum absolute atomic E-state index is 11.8. The summed E-state index contributed by atoms with van der Waals surface area (Å²) in [5, 5.41) is 8.66. The van der Waals surface area contributed by atoms with Crippen LogP contribution in [0.15, 0.2) is 0 Å². The SMILES string of the molecule is O=C(O)CC1(C(=O)N2CCOC2=O)CC1. The van der Waals surface area contributed by atoms with Gasteiger partial charge in [-0.1, -0.05) is 0 Å². The van der Waals surface area contributed by atoms with Crippen LogP contribution in [-0.4, -0.2) is 41.1 Å². The molecule has 6 heteroatoms. The molecule has 1 aliphatic heterocycles. The maximum atomic E-state index is 11.8. The van der Waals surface area contributed by atoms with Crippen LogP contribution in [0.1, 0.15) is 19.3 Å². The number of cyclic esters (lactones) is 1. The zero-order valence-electron chi connectivity index (χ0n) is 8.06. The molecule has 6 nitrogen and oxygen atoms in total. The summed E-state index contributed by atoms with van der Waals surface area (Å²) in [6.45, 7) is 0.437. The van der Waals surface area contributed by atoms with Gasteiger partial charge in [0, 0.05) is 0 Å². The van der Waals surface area contributed by atoms with E-state index >= 15 is 0 Å². The predicted molar refractivity (Wildman–Crippen MR) is 47.0 cm³/mol. The van der Waals surface area contributed by atoms with Crippen molar-refractivity contribution >= 4 is 18.0 Å². The number of rotatable bonds is 3. The molecule has 1 aliphatic carbocycles. The summed E-state index contributed by atoms with van der Waals surface area (Å²) in [4.78, 5) is 34.5. The van der Waals surface area contributed by atoms with E-state index in [0.717, 1.165) is 4.90 Å². The van der Waals surface area contributed by atoms with Gasteiger partial charge >= 0.3 is 12.1 Å². The Kier molecular flexibility index (Phi) is 2.13. The van der Waals surface area contributed by atoms with Crippen LogP contribution in [0.4, 0.5) is 4.79 Å². The largest absolute Gasteiger partial charge is 0.481 e. The molecule has 1 saturated heterocycles.